The zero-order chi connectivity index (χ0) is 20.4. The van der Waals surface area contributed by atoms with Gasteiger partial charge in [-0.2, -0.15) is 5.10 Å². The number of hydrogen-bond acceptors (Lipinski definition) is 5. The minimum Gasteiger partial charge on any atom is -0.359 e. The molecule has 3 heterocycles. The van der Waals surface area contributed by atoms with Crippen LogP contribution in [0, 0.1) is 12.7 Å². The Morgan fingerprint density at radius 2 is 2.00 bits per heavy atom. The SMILES string of the molecule is Cc1cc(Nc2nc(C(OCC(F)F)c3ccc(F)cc3)nn3cccc23)n[nH]1. The normalized spacial score (nSPS) is 12.6. The highest BCUT2D eigenvalue weighted by Gasteiger charge is 2.22. The van der Waals surface area contributed by atoms with Gasteiger partial charge in [-0.3, -0.25) is 5.10 Å². The smallest absolute Gasteiger partial charge is 0.261 e. The first-order valence-corrected chi connectivity index (χ1v) is 8.79. The zero-order valence-electron chi connectivity index (χ0n) is 15.3. The quantitative estimate of drug-likeness (QED) is 0.488. The summed E-state index contributed by atoms with van der Waals surface area (Å²) in [6.45, 7) is 1.05. The molecule has 0 amide bonds. The predicted octanol–water partition coefficient (Wildman–Crippen LogP) is 4.01. The van der Waals surface area contributed by atoms with Gasteiger partial charge >= 0.3 is 0 Å². The van der Waals surface area contributed by atoms with E-state index in [1.165, 1.54) is 24.3 Å². The third-order valence-electron chi connectivity index (χ3n) is 4.16. The van der Waals surface area contributed by atoms with Crippen LogP contribution >= 0.6 is 0 Å². The Labute approximate surface area is 163 Å². The second kappa shape index (κ2) is 7.92. The van der Waals surface area contributed by atoms with E-state index in [9.17, 15) is 13.2 Å². The van der Waals surface area contributed by atoms with E-state index in [1.54, 1.807) is 28.9 Å². The van der Waals surface area contributed by atoms with Crippen molar-refractivity contribution in [2.24, 2.45) is 0 Å². The first-order chi connectivity index (χ1) is 14.0. The number of aryl methyl sites for hydroxylation is 1. The fourth-order valence-electron chi connectivity index (χ4n) is 2.88. The number of benzene rings is 1. The molecule has 0 radical (unpaired) electrons. The lowest BCUT2D eigenvalue weighted by molar-refractivity contribution is -0.0134. The van der Waals surface area contributed by atoms with Crippen LogP contribution in [0.25, 0.3) is 5.52 Å². The molecule has 2 N–H and O–H groups in total. The van der Waals surface area contributed by atoms with Gasteiger partial charge in [0.2, 0.25) is 0 Å². The molecule has 0 fully saturated rings. The van der Waals surface area contributed by atoms with Crippen molar-refractivity contribution in [2.75, 3.05) is 11.9 Å². The monoisotopic (exact) mass is 402 g/mol. The minimum atomic E-state index is -2.67. The summed E-state index contributed by atoms with van der Waals surface area (Å²) in [6.07, 6.45) is -1.97. The summed E-state index contributed by atoms with van der Waals surface area (Å²) in [7, 11) is 0. The number of ether oxygens (including phenoxy) is 1. The van der Waals surface area contributed by atoms with E-state index in [0.29, 0.717) is 22.7 Å². The van der Waals surface area contributed by atoms with E-state index < -0.39 is 25.0 Å². The molecule has 0 aliphatic heterocycles. The summed E-state index contributed by atoms with van der Waals surface area (Å²) < 4.78 is 45.9. The molecule has 7 nitrogen and oxygen atoms in total. The van der Waals surface area contributed by atoms with Crippen LogP contribution in [-0.2, 0) is 4.74 Å². The highest BCUT2D eigenvalue weighted by Crippen LogP contribution is 2.27. The molecule has 0 aliphatic rings. The highest BCUT2D eigenvalue weighted by molar-refractivity contribution is 5.72. The molecule has 4 rings (SSSR count). The van der Waals surface area contributed by atoms with Crippen LogP contribution in [0.5, 0.6) is 0 Å². The molecule has 0 spiro atoms. The van der Waals surface area contributed by atoms with Gasteiger partial charge in [-0.15, -0.1) is 5.10 Å². The van der Waals surface area contributed by atoms with Gasteiger partial charge in [0.05, 0.1) is 0 Å². The van der Waals surface area contributed by atoms with Gasteiger partial charge in [0.1, 0.15) is 24.0 Å². The topological polar surface area (TPSA) is 80.1 Å². The van der Waals surface area contributed by atoms with E-state index >= 15 is 0 Å². The first kappa shape index (κ1) is 18.9. The number of alkyl halides is 2. The average Bonchev–Trinajstić information content (AvgIpc) is 3.32. The number of hydrogen-bond donors (Lipinski definition) is 2. The number of fused-ring (bicyclic) bond motifs is 1. The lowest BCUT2D eigenvalue weighted by atomic mass is 10.1. The fraction of sp³-hybridized carbons (Fsp3) is 0.211. The van der Waals surface area contributed by atoms with Crippen LogP contribution in [-0.4, -0.2) is 37.8 Å². The van der Waals surface area contributed by atoms with Gasteiger partial charge in [-0.25, -0.2) is 22.7 Å². The first-order valence-electron chi connectivity index (χ1n) is 8.79. The maximum Gasteiger partial charge on any atom is 0.261 e. The number of aromatic nitrogens is 5. The van der Waals surface area contributed by atoms with Crippen molar-refractivity contribution in [3.05, 3.63) is 71.6 Å². The van der Waals surface area contributed by atoms with Crippen LogP contribution in [0.4, 0.5) is 24.8 Å². The number of rotatable bonds is 7. The summed E-state index contributed by atoms with van der Waals surface area (Å²) in [4.78, 5) is 4.49. The molecule has 1 unspecified atom stereocenters. The minimum absolute atomic E-state index is 0.149. The number of anilines is 2. The van der Waals surface area contributed by atoms with Crippen molar-refractivity contribution in [1.82, 2.24) is 24.8 Å². The molecule has 0 bridgehead atoms. The Kier molecular flexibility index (Phi) is 5.17. The number of aromatic amines is 1. The fourth-order valence-corrected chi connectivity index (χ4v) is 2.88. The van der Waals surface area contributed by atoms with Crippen molar-refractivity contribution < 1.29 is 17.9 Å². The van der Waals surface area contributed by atoms with Crippen molar-refractivity contribution in [3.63, 3.8) is 0 Å². The molecule has 1 atom stereocenters. The molecule has 1 aromatic carbocycles. The van der Waals surface area contributed by atoms with Gasteiger partial charge in [-0.1, -0.05) is 12.1 Å². The van der Waals surface area contributed by atoms with Crippen LogP contribution in [0.2, 0.25) is 0 Å². The van der Waals surface area contributed by atoms with Crippen LogP contribution in [0.1, 0.15) is 23.2 Å². The molecule has 10 heteroatoms. The van der Waals surface area contributed by atoms with Crippen molar-refractivity contribution in [1.29, 1.82) is 0 Å². The second-order valence-electron chi connectivity index (χ2n) is 6.37. The summed E-state index contributed by atoms with van der Waals surface area (Å²) in [6, 6.07) is 10.8. The maximum absolute atomic E-state index is 13.3. The van der Waals surface area contributed by atoms with Crippen LogP contribution in [0.15, 0.2) is 48.7 Å². The molecule has 4 aromatic rings. The Hall–Kier alpha value is -3.40. The van der Waals surface area contributed by atoms with Gasteiger partial charge in [0.15, 0.2) is 17.5 Å². The molecule has 29 heavy (non-hydrogen) atoms. The van der Waals surface area contributed by atoms with E-state index in [2.05, 4.69) is 25.6 Å². The second-order valence-corrected chi connectivity index (χ2v) is 6.37. The third kappa shape index (κ3) is 4.21. The van der Waals surface area contributed by atoms with Crippen LogP contribution < -0.4 is 5.32 Å². The Morgan fingerprint density at radius 3 is 2.69 bits per heavy atom. The number of nitrogens with zero attached hydrogens (tertiary/aromatic N) is 4. The molecular formula is C19H17F3N6O. The summed E-state index contributed by atoms with van der Waals surface area (Å²) in [5.74, 6) is 0.677. The third-order valence-corrected chi connectivity index (χ3v) is 4.16. The van der Waals surface area contributed by atoms with Crippen molar-refractivity contribution >= 4 is 17.2 Å². The molecule has 3 aromatic heterocycles. The Morgan fingerprint density at radius 1 is 1.21 bits per heavy atom. The molecule has 0 saturated carbocycles. The van der Waals surface area contributed by atoms with Gasteiger partial charge in [0, 0.05) is 18.0 Å². The van der Waals surface area contributed by atoms with E-state index in [1.807, 2.05) is 6.92 Å². The lowest BCUT2D eigenvalue weighted by Gasteiger charge is -2.18. The summed E-state index contributed by atoms with van der Waals surface area (Å²) in [5.41, 5.74) is 1.99. The van der Waals surface area contributed by atoms with E-state index in [4.69, 9.17) is 4.74 Å². The van der Waals surface area contributed by atoms with Gasteiger partial charge in [-0.05, 0) is 36.8 Å². The zero-order valence-corrected chi connectivity index (χ0v) is 15.3. The summed E-state index contributed by atoms with van der Waals surface area (Å²) >= 11 is 0. The number of halogens is 3. The molecule has 150 valence electrons. The highest BCUT2D eigenvalue weighted by atomic mass is 19.3. The van der Waals surface area contributed by atoms with Crippen molar-refractivity contribution in [2.45, 2.75) is 19.5 Å². The number of H-pyrrole nitrogens is 1. The van der Waals surface area contributed by atoms with Gasteiger partial charge < -0.3 is 10.1 Å². The van der Waals surface area contributed by atoms with Gasteiger partial charge in [0.25, 0.3) is 6.43 Å². The molecule has 0 saturated heterocycles. The predicted molar refractivity (Wildman–Crippen MR) is 99.8 cm³/mol. The molecule has 0 aliphatic carbocycles. The van der Waals surface area contributed by atoms with Crippen molar-refractivity contribution in [3.8, 4) is 0 Å². The molecular weight excluding hydrogens is 385 g/mol. The maximum atomic E-state index is 13.3. The number of nitrogens with one attached hydrogen (secondary N) is 2. The standard InChI is InChI=1S/C19H17F3N6O/c1-11-9-16(26-25-11)23-18-14-3-2-8-28(14)27-19(24-18)17(29-10-15(21)22)12-4-6-13(20)7-5-12/h2-9,15,17H,10H2,1H3,(H2,23,24,25,26,27). The van der Waals surface area contributed by atoms with E-state index in [0.717, 1.165) is 5.69 Å². The largest absolute Gasteiger partial charge is 0.359 e. The average molecular weight is 402 g/mol. The lowest BCUT2D eigenvalue weighted by Crippen LogP contribution is -2.17. The van der Waals surface area contributed by atoms with E-state index in [-0.39, 0.29) is 5.82 Å². The summed E-state index contributed by atoms with van der Waals surface area (Å²) in [5, 5.41) is 14.4. The van der Waals surface area contributed by atoms with Crippen LogP contribution in [0.3, 0.4) is 0 Å². The Balaban J connectivity index is 1.76. The Bertz CT molecular complexity index is 1110.